The average molecular weight is 340 g/mol. The zero-order valence-corrected chi connectivity index (χ0v) is 13.5. The van der Waals surface area contributed by atoms with E-state index in [-0.39, 0.29) is 30.0 Å². The summed E-state index contributed by atoms with van der Waals surface area (Å²) in [6.07, 6.45) is 3.88. The molecule has 1 atom stereocenters. The number of nitrogens with zero attached hydrogens (tertiary/aromatic N) is 1. The summed E-state index contributed by atoms with van der Waals surface area (Å²) >= 11 is 0. The second kappa shape index (κ2) is 7.75. The Bertz CT molecular complexity index is 829. The van der Waals surface area contributed by atoms with Crippen LogP contribution in [0.1, 0.15) is 23.6 Å². The molecule has 0 unspecified atom stereocenters. The van der Waals surface area contributed by atoms with E-state index in [4.69, 9.17) is 0 Å². The molecule has 0 saturated carbocycles. The van der Waals surface area contributed by atoms with Crippen LogP contribution < -0.4 is 5.32 Å². The first kappa shape index (κ1) is 16.9. The fraction of sp³-hybridized carbons (Fsp3) is 0.150. The number of carbonyl (C=O) groups is 1. The van der Waals surface area contributed by atoms with Crippen LogP contribution in [0.4, 0.5) is 8.78 Å². The van der Waals surface area contributed by atoms with Crippen LogP contribution in [0.2, 0.25) is 0 Å². The highest BCUT2D eigenvalue weighted by atomic mass is 19.1. The summed E-state index contributed by atoms with van der Waals surface area (Å²) in [6, 6.07) is 15.7. The van der Waals surface area contributed by atoms with E-state index in [1.54, 1.807) is 24.3 Å². The molecule has 1 aromatic heterocycles. The van der Waals surface area contributed by atoms with Crippen LogP contribution in [0.3, 0.4) is 0 Å². The summed E-state index contributed by atoms with van der Waals surface area (Å²) in [4.78, 5) is 12.4. The molecule has 5 heteroatoms. The van der Waals surface area contributed by atoms with E-state index >= 15 is 0 Å². The molecule has 1 heterocycles. The van der Waals surface area contributed by atoms with E-state index < -0.39 is 0 Å². The Morgan fingerprint density at radius 3 is 2.36 bits per heavy atom. The van der Waals surface area contributed by atoms with Gasteiger partial charge in [0.15, 0.2) is 0 Å². The molecule has 3 rings (SSSR count). The van der Waals surface area contributed by atoms with Gasteiger partial charge >= 0.3 is 0 Å². The van der Waals surface area contributed by atoms with Gasteiger partial charge in [-0.05, 0) is 47.5 Å². The average Bonchev–Trinajstić information content (AvgIpc) is 3.13. The third-order valence-electron chi connectivity index (χ3n) is 4.00. The van der Waals surface area contributed by atoms with Crippen LogP contribution in [0.25, 0.3) is 0 Å². The lowest BCUT2D eigenvalue weighted by molar-refractivity contribution is -0.121. The number of benzene rings is 2. The molecule has 1 N–H and O–H groups in total. The van der Waals surface area contributed by atoms with Gasteiger partial charge in [-0.1, -0.05) is 24.3 Å². The van der Waals surface area contributed by atoms with Gasteiger partial charge in [-0.3, -0.25) is 4.79 Å². The highest BCUT2D eigenvalue weighted by molar-refractivity contribution is 5.76. The fourth-order valence-electron chi connectivity index (χ4n) is 2.72. The largest absolute Gasteiger partial charge is 0.352 e. The van der Waals surface area contributed by atoms with Crippen molar-refractivity contribution in [3.63, 3.8) is 0 Å². The van der Waals surface area contributed by atoms with Gasteiger partial charge in [-0.2, -0.15) is 0 Å². The smallest absolute Gasteiger partial charge is 0.222 e. The molecule has 0 saturated heterocycles. The Kier molecular flexibility index (Phi) is 5.23. The molecule has 0 fully saturated rings. The zero-order valence-electron chi connectivity index (χ0n) is 13.5. The number of aromatic nitrogens is 1. The van der Waals surface area contributed by atoms with Crippen molar-refractivity contribution in [3.05, 3.63) is 95.8 Å². The van der Waals surface area contributed by atoms with E-state index in [0.29, 0.717) is 6.54 Å². The lowest BCUT2D eigenvalue weighted by atomic mass is 10.0. The van der Waals surface area contributed by atoms with Crippen molar-refractivity contribution >= 4 is 5.91 Å². The maximum atomic E-state index is 13.6. The monoisotopic (exact) mass is 340 g/mol. The van der Waals surface area contributed by atoms with E-state index in [0.717, 1.165) is 11.1 Å². The van der Waals surface area contributed by atoms with Crippen LogP contribution in [0, 0.1) is 11.6 Å². The van der Waals surface area contributed by atoms with Gasteiger partial charge in [0.25, 0.3) is 0 Å². The predicted molar refractivity (Wildman–Crippen MR) is 91.8 cm³/mol. The molecule has 2 aromatic carbocycles. The summed E-state index contributed by atoms with van der Waals surface area (Å²) in [5.74, 6) is -0.803. The van der Waals surface area contributed by atoms with Crippen LogP contribution >= 0.6 is 0 Å². The molecule has 0 spiro atoms. The lowest BCUT2D eigenvalue weighted by Gasteiger charge is -2.19. The number of halogens is 2. The van der Waals surface area contributed by atoms with Crippen molar-refractivity contribution in [3.8, 4) is 0 Å². The number of hydrogen-bond donors (Lipinski definition) is 1. The molecular weight excluding hydrogens is 322 g/mol. The summed E-state index contributed by atoms with van der Waals surface area (Å²) < 4.78 is 28.4. The maximum Gasteiger partial charge on any atom is 0.222 e. The summed E-state index contributed by atoms with van der Waals surface area (Å²) in [6.45, 7) is 0.320. The van der Waals surface area contributed by atoms with Crippen molar-refractivity contribution in [1.29, 1.82) is 0 Å². The van der Waals surface area contributed by atoms with Gasteiger partial charge in [0, 0.05) is 18.9 Å². The van der Waals surface area contributed by atoms with Gasteiger partial charge in [0.05, 0.1) is 12.5 Å². The third-order valence-corrected chi connectivity index (χ3v) is 4.00. The molecule has 3 aromatic rings. The van der Waals surface area contributed by atoms with Crippen LogP contribution in [0.15, 0.2) is 73.1 Å². The first-order chi connectivity index (χ1) is 12.1. The van der Waals surface area contributed by atoms with E-state index in [1.807, 2.05) is 29.1 Å². The van der Waals surface area contributed by atoms with E-state index in [9.17, 15) is 13.6 Å². The Morgan fingerprint density at radius 2 is 1.68 bits per heavy atom. The molecule has 0 bridgehead atoms. The van der Waals surface area contributed by atoms with Crippen molar-refractivity contribution in [1.82, 2.24) is 9.88 Å². The summed E-state index contributed by atoms with van der Waals surface area (Å²) in [5.41, 5.74) is 1.55. The topological polar surface area (TPSA) is 34.0 Å². The standard InChI is InChI=1S/C20H18F2N2O/c21-17-8-6-15(7-9-17)14-23-20(25)13-19(24-10-1-2-11-24)16-4-3-5-18(22)12-16/h1-12,19H,13-14H2,(H,23,25)/t19-/m1/s1. The first-order valence-corrected chi connectivity index (χ1v) is 8.01. The Morgan fingerprint density at radius 1 is 0.960 bits per heavy atom. The normalized spacial score (nSPS) is 11.9. The molecular formula is C20H18F2N2O. The Balaban J connectivity index is 1.69. The third kappa shape index (κ3) is 4.53. The quantitative estimate of drug-likeness (QED) is 0.721. The highest BCUT2D eigenvalue weighted by Gasteiger charge is 2.17. The second-order valence-electron chi connectivity index (χ2n) is 5.81. The minimum atomic E-state index is -0.332. The van der Waals surface area contributed by atoms with Gasteiger partial charge < -0.3 is 9.88 Å². The number of hydrogen-bond acceptors (Lipinski definition) is 1. The molecule has 0 radical (unpaired) electrons. The van der Waals surface area contributed by atoms with Gasteiger partial charge in [0.2, 0.25) is 5.91 Å². The van der Waals surface area contributed by atoms with Crippen molar-refractivity contribution in [2.45, 2.75) is 19.0 Å². The van der Waals surface area contributed by atoms with E-state index in [1.165, 1.54) is 24.3 Å². The minimum absolute atomic E-state index is 0.160. The number of amides is 1. The van der Waals surface area contributed by atoms with Gasteiger partial charge in [-0.15, -0.1) is 0 Å². The molecule has 0 aliphatic carbocycles. The number of rotatable bonds is 6. The Hall–Kier alpha value is -2.95. The lowest BCUT2D eigenvalue weighted by Crippen LogP contribution is -2.26. The predicted octanol–water partition coefficient (Wildman–Crippen LogP) is 4.06. The van der Waals surface area contributed by atoms with Crippen LogP contribution in [-0.4, -0.2) is 10.5 Å². The zero-order chi connectivity index (χ0) is 17.6. The number of nitrogens with one attached hydrogen (secondary N) is 1. The second-order valence-corrected chi connectivity index (χ2v) is 5.81. The maximum absolute atomic E-state index is 13.6. The Labute approximate surface area is 144 Å². The highest BCUT2D eigenvalue weighted by Crippen LogP contribution is 2.23. The minimum Gasteiger partial charge on any atom is -0.352 e. The SMILES string of the molecule is O=C(C[C@H](c1cccc(F)c1)n1cccc1)NCc1ccc(F)cc1. The van der Waals surface area contributed by atoms with Crippen molar-refractivity contribution in [2.24, 2.45) is 0 Å². The summed E-state index contributed by atoms with van der Waals surface area (Å²) in [7, 11) is 0. The molecule has 1 amide bonds. The molecule has 3 nitrogen and oxygen atoms in total. The van der Waals surface area contributed by atoms with Gasteiger partial charge in [-0.25, -0.2) is 8.78 Å². The number of carbonyl (C=O) groups excluding carboxylic acids is 1. The summed E-state index contributed by atoms with van der Waals surface area (Å²) in [5, 5.41) is 2.83. The van der Waals surface area contributed by atoms with Gasteiger partial charge in [0.1, 0.15) is 11.6 Å². The fourth-order valence-corrected chi connectivity index (χ4v) is 2.72. The van der Waals surface area contributed by atoms with E-state index in [2.05, 4.69) is 5.32 Å². The van der Waals surface area contributed by atoms with Crippen molar-refractivity contribution < 1.29 is 13.6 Å². The molecule has 0 aliphatic rings. The molecule has 25 heavy (non-hydrogen) atoms. The van der Waals surface area contributed by atoms with Crippen molar-refractivity contribution in [2.75, 3.05) is 0 Å². The van der Waals surface area contributed by atoms with Crippen LogP contribution in [-0.2, 0) is 11.3 Å². The molecule has 0 aliphatic heterocycles. The first-order valence-electron chi connectivity index (χ1n) is 8.01. The molecule has 128 valence electrons. The van der Waals surface area contributed by atoms with Crippen LogP contribution in [0.5, 0.6) is 0 Å².